The van der Waals surface area contributed by atoms with Gasteiger partial charge in [-0.2, -0.15) is 0 Å². The molecule has 8 nitrogen and oxygen atoms in total. The molecule has 0 aliphatic carbocycles. The van der Waals surface area contributed by atoms with Gasteiger partial charge in [-0.15, -0.1) is 0 Å². The van der Waals surface area contributed by atoms with Crippen molar-refractivity contribution in [3.8, 4) is 0 Å². The van der Waals surface area contributed by atoms with Crippen LogP contribution in [0.4, 0.5) is 10.5 Å². The molecule has 2 rings (SSSR count). The van der Waals surface area contributed by atoms with Gasteiger partial charge < -0.3 is 9.47 Å². The third-order valence-electron chi connectivity index (χ3n) is 3.75. The van der Waals surface area contributed by atoms with Crippen LogP contribution in [0.25, 0.3) is 0 Å². The van der Waals surface area contributed by atoms with E-state index in [2.05, 4.69) is 0 Å². The lowest BCUT2D eigenvalue weighted by atomic mass is 9.99. The van der Waals surface area contributed by atoms with Gasteiger partial charge in [0, 0.05) is 11.6 Å². The average Bonchev–Trinajstić information content (AvgIpc) is 2.84. The Labute approximate surface area is 133 Å². The number of cyclic esters (lactones) is 1. The molecule has 0 N–H and O–H groups in total. The van der Waals surface area contributed by atoms with Gasteiger partial charge in [-0.3, -0.25) is 15.0 Å². The van der Waals surface area contributed by atoms with Gasteiger partial charge in [0.1, 0.15) is 6.10 Å². The largest absolute Gasteiger partial charge is 0.467 e. The minimum Gasteiger partial charge on any atom is -0.467 e. The molecule has 0 radical (unpaired) electrons. The van der Waals surface area contributed by atoms with Gasteiger partial charge in [-0.25, -0.2) is 9.59 Å². The second kappa shape index (κ2) is 6.64. The van der Waals surface area contributed by atoms with Gasteiger partial charge in [0.2, 0.25) is 0 Å². The first-order chi connectivity index (χ1) is 10.9. The molecule has 0 bridgehead atoms. The van der Waals surface area contributed by atoms with Gasteiger partial charge in [0.15, 0.2) is 6.04 Å². The van der Waals surface area contributed by atoms with Gasteiger partial charge in [-0.1, -0.05) is 32.0 Å². The van der Waals surface area contributed by atoms with Crippen LogP contribution in [0.3, 0.4) is 0 Å². The monoisotopic (exact) mass is 322 g/mol. The maximum atomic E-state index is 12.1. The van der Waals surface area contributed by atoms with Crippen molar-refractivity contribution in [2.24, 2.45) is 5.92 Å². The summed E-state index contributed by atoms with van der Waals surface area (Å²) in [6, 6.07) is 5.15. The molecule has 2 atom stereocenters. The number of esters is 1. The van der Waals surface area contributed by atoms with Crippen LogP contribution < -0.4 is 0 Å². The van der Waals surface area contributed by atoms with Crippen molar-refractivity contribution < 1.29 is 24.0 Å². The highest BCUT2D eigenvalue weighted by molar-refractivity contribution is 5.85. The number of nitro groups is 1. The first-order valence-electron chi connectivity index (χ1n) is 7.14. The van der Waals surface area contributed by atoms with Crippen LogP contribution in [0.15, 0.2) is 24.3 Å². The summed E-state index contributed by atoms with van der Waals surface area (Å²) in [4.78, 5) is 36.0. The number of hydrogen-bond acceptors (Lipinski definition) is 6. The number of hydrogen-bond donors (Lipinski definition) is 0. The molecule has 1 amide bonds. The topological polar surface area (TPSA) is 99.0 Å². The highest BCUT2D eigenvalue weighted by Gasteiger charge is 2.48. The molecule has 1 heterocycles. The van der Waals surface area contributed by atoms with Gasteiger partial charge in [0.05, 0.1) is 18.6 Å². The molecule has 0 unspecified atom stereocenters. The Bertz CT molecular complexity index is 630. The molecule has 1 saturated heterocycles. The first-order valence-corrected chi connectivity index (χ1v) is 7.14. The Hall–Kier alpha value is -2.64. The number of rotatable bonds is 5. The number of methoxy groups -OCH3 is 1. The highest BCUT2D eigenvalue weighted by Crippen LogP contribution is 2.29. The smallest absolute Gasteiger partial charge is 0.411 e. The number of para-hydroxylation sites is 1. The molecule has 124 valence electrons. The number of ether oxygens (including phenoxy) is 2. The second-order valence-corrected chi connectivity index (χ2v) is 5.57. The zero-order valence-electron chi connectivity index (χ0n) is 13.1. The van der Waals surface area contributed by atoms with Crippen molar-refractivity contribution in [1.29, 1.82) is 0 Å². The predicted molar refractivity (Wildman–Crippen MR) is 79.6 cm³/mol. The summed E-state index contributed by atoms with van der Waals surface area (Å²) in [6.45, 7) is 3.55. The van der Waals surface area contributed by atoms with Crippen LogP contribution in [-0.2, 0) is 20.8 Å². The van der Waals surface area contributed by atoms with Gasteiger partial charge in [0.25, 0.3) is 5.69 Å². The van der Waals surface area contributed by atoms with Crippen molar-refractivity contribution in [3.63, 3.8) is 0 Å². The molecule has 0 aromatic heterocycles. The number of benzene rings is 1. The summed E-state index contributed by atoms with van der Waals surface area (Å²) in [5, 5.41) is 11.1. The van der Waals surface area contributed by atoms with E-state index in [1.165, 1.54) is 18.1 Å². The molecular formula is C15H18N2O6. The number of carbonyl (C=O) groups excluding carboxylic acids is 2. The lowest BCUT2D eigenvalue weighted by Crippen LogP contribution is -2.45. The quantitative estimate of drug-likeness (QED) is 0.468. The Balaban J connectivity index is 2.35. The second-order valence-electron chi connectivity index (χ2n) is 5.57. The number of amides is 1. The van der Waals surface area contributed by atoms with Gasteiger partial charge >= 0.3 is 12.1 Å². The van der Waals surface area contributed by atoms with Crippen molar-refractivity contribution in [2.75, 3.05) is 7.11 Å². The third-order valence-corrected chi connectivity index (χ3v) is 3.75. The minimum atomic E-state index is -0.924. The van der Waals surface area contributed by atoms with Crippen LogP contribution in [0, 0.1) is 16.0 Å². The van der Waals surface area contributed by atoms with E-state index in [1.807, 2.05) is 13.8 Å². The van der Waals surface area contributed by atoms with Gasteiger partial charge in [-0.05, 0) is 5.92 Å². The summed E-state index contributed by atoms with van der Waals surface area (Å²) in [5.41, 5.74) is 0.213. The predicted octanol–water partition coefficient (Wildman–Crippen LogP) is 2.11. The fourth-order valence-electron chi connectivity index (χ4n) is 2.59. The zero-order chi connectivity index (χ0) is 17.1. The van der Waals surface area contributed by atoms with E-state index in [0.29, 0.717) is 5.56 Å². The number of carbonyl (C=O) groups is 2. The standard InChI is InChI=1S/C15H18N2O6/c1-9(2)13-12(14(18)22-3)16(15(19)23-13)8-10-6-4-5-7-11(10)17(20)21/h4-7,9,12-13H,8H2,1-3H3/t12-,13+/m1/s1. The van der Waals surface area contributed by atoms with Crippen molar-refractivity contribution in [2.45, 2.75) is 32.5 Å². The maximum absolute atomic E-state index is 12.1. The molecule has 1 aliphatic rings. The van der Waals surface area contributed by atoms with Crippen molar-refractivity contribution in [3.05, 3.63) is 39.9 Å². The molecule has 0 spiro atoms. The van der Waals surface area contributed by atoms with Crippen molar-refractivity contribution in [1.82, 2.24) is 4.90 Å². The summed E-state index contributed by atoms with van der Waals surface area (Å²) < 4.78 is 10.0. The Morgan fingerprint density at radius 2 is 2.09 bits per heavy atom. The fraction of sp³-hybridized carbons (Fsp3) is 0.467. The highest BCUT2D eigenvalue weighted by atomic mass is 16.6. The SMILES string of the molecule is COC(=O)[C@H]1[C@H](C(C)C)OC(=O)N1Cc1ccccc1[N+](=O)[O-]. The molecule has 1 aliphatic heterocycles. The molecule has 1 aromatic rings. The van der Waals surface area contributed by atoms with E-state index in [4.69, 9.17) is 9.47 Å². The summed E-state index contributed by atoms with van der Waals surface area (Å²) in [7, 11) is 1.23. The Morgan fingerprint density at radius 1 is 1.43 bits per heavy atom. The van der Waals surface area contributed by atoms with Crippen LogP contribution >= 0.6 is 0 Å². The lowest BCUT2D eigenvalue weighted by Gasteiger charge is -2.23. The van der Waals surface area contributed by atoms with Crippen LogP contribution in [0.5, 0.6) is 0 Å². The lowest BCUT2D eigenvalue weighted by molar-refractivity contribution is -0.385. The average molecular weight is 322 g/mol. The summed E-state index contributed by atoms with van der Waals surface area (Å²) in [6.07, 6.45) is -1.34. The maximum Gasteiger partial charge on any atom is 0.411 e. The van der Waals surface area contributed by atoms with E-state index in [0.717, 1.165) is 0 Å². The summed E-state index contributed by atoms with van der Waals surface area (Å²) in [5.74, 6) is -0.702. The summed E-state index contributed by atoms with van der Waals surface area (Å²) >= 11 is 0. The van der Waals surface area contributed by atoms with E-state index < -0.39 is 29.1 Å². The van der Waals surface area contributed by atoms with Crippen LogP contribution in [0.1, 0.15) is 19.4 Å². The van der Waals surface area contributed by atoms with E-state index >= 15 is 0 Å². The molecule has 1 fully saturated rings. The third kappa shape index (κ3) is 3.25. The molecular weight excluding hydrogens is 304 g/mol. The number of nitrogens with zero attached hydrogens (tertiary/aromatic N) is 2. The first kappa shape index (κ1) is 16.7. The number of nitro benzene ring substituents is 1. The molecule has 1 aromatic carbocycles. The van der Waals surface area contributed by atoms with E-state index in [1.54, 1.807) is 18.2 Å². The Kier molecular flexibility index (Phi) is 4.83. The zero-order valence-corrected chi connectivity index (χ0v) is 13.1. The minimum absolute atomic E-state index is 0.0982. The Morgan fingerprint density at radius 3 is 2.65 bits per heavy atom. The van der Waals surface area contributed by atoms with Crippen molar-refractivity contribution >= 4 is 17.7 Å². The van der Waals surface area contributed by atoms with Crippen LogP contribution in [-0.4, -0.2) is 41.1 Å². The normalized spacial score (nSPS) is 20.5. The fourth-order valence-corrected chi connectivity index (χ4v) is 2.59. The van der Waals surface area contributed by atoms with E-state index in [9.17, 15) is 19.7 Å². The van der Waals surface area contributed by atoms with Crippen LogP contribution in [0.2, 0.25) is 0 Å². The molecule has 0 saturated carbocycles. The van der Waals surface area contributed by atoms with E-state index in [-0.39, 0.29) is 18.2 Å². The molecule has 8 heteroatoms. The molecule has 23 heavy (non-hydrogen) atoms.